The van der Waals surface area contributed by atoms with Crippen LogP contribution in [0.3, 0.4) is 0 Å². The van der Waals surface area contributed by atoms with Crippen LogP contribution in [0.2, 0.25) is 0 Å². The quantitative estimate of drug-likeness (QED) is 0.668. The van der Waals surface area contributed by atoms with E-state index < -0.39 is 0 Å². The molecule has 2 aromatic rings. The molecule has 1 aromatic heterocycles. The first-order valence-corrected chi connectivity index (χ1v) is 6.64. The molecule has 0 fully saturated rings. The number of hydrogen-bond donors (Lipinski definition) is 1. The van der Waals surface area contributed by atoms with E-state index in [1.807, 2.05) is 24.3 Å². The Morgan fingerprint density at radius 1 is 1.15 bits per heavy atom. The van der Waals surface area contributed by atoms with E-state index in [1.165, 1.54) is 16.7 Å². The van der Waals surface area contributed by atoms with Gasteiger partial charge in [-0.05, 0) is 42.7 Å². The summed E-state index contributed by atoms with van der Waals surface area (Å²) in [4.78, 5) is 14.9. The summed E-state index contributed by atoms with van der Waals surface area (Å²) in [6, 6.07) is 11.6. The average molecular weight is 266 g/mol. The summed E-state index contributed by atoms with van der Waals surface area (Å²) in [5.74, 6) is 0. The second-order valence-corrected chi connectivity index (χ2v) is 4.91. The molecule has 0 saturated heterocycles. The van der Waals surface area contributed by atoms with Crippen LogP contribution < -0.4 is 0 Å². The van der Waals surface area contributed by atoms with Crippen molar-refractivity contribution in [1.29, 1.82) is 5.41 Å². The van der Waals surface area contributed by atoms with Crippen molar-refractivity contribution in [1.82, 2.24) is 4.98 Å². The highest BCUT2D eigenvalue weighted by Crippen LogP contribution is 2.16. The van der Waals surface area contributed by atoms with Crippen LogP contribution in [0.1, 0.15) is 28.1 Å². The number of carbonyl (C=O) groups is 1. The molecular weight excluding hydrogens is 248 g/mol. The Morgan fingerprint density at radius 2 is 1.80 bits per heavy atom. The summed E-state index contributed by atoms with van der Waals surface area (Å²) >= 11 is 0. The number of rotatable bonds is 5. The largest absolute Gasteiger partial charge is 0.303 e. The lowest BCUT2D eigenvalue weighted by Crippen LogP contribution is -2.09. The summed E-state index contributed by atoms with van der Waals surface area (Å²) in [5, 5.41) is 8.24. The lowest BCUT2D eigenvalue weighted by atomic mass is 9.96. The molecular formula is C17H18N2O. The van der Waals surface area contributed by atoms with E-state index in [0.29, 0.717) is 29.9 Å². The maximum absolute atomic E-state index is 10.5. The van der Waals surface area contributed by atoms with E-state index in [9.17, 15) is 4.79 Å². The minimum atomic E-state index is 0.296. The van der Waals surface area contributed by atoms with Crippen LogP contribution >= 0.6 is 0 Å². The maximum atomic E-state index is 10.5. The van der Waals surface area contributed by atoms with E-state index in [4.69, 9.17) is 5.41 Å². The number of hydrogen-bond acceptors (Lipinski definition) is 3. The predicted molar refractivity (Wildman–Crippen MR) is 80.5 cm³/mol. The zero-order valence-electron chi connectivity index (χ0n) is 11.8. The zero-order chi connectivity index (χ0) is 14.5. The molecule has 0 spiro atoms. The maximum Gasteiger partial charge on any atom is 0.125 e. The third-order valence-electron chi connectivity index (χ3n) is 3.41. The molecule has 0 radical (unpaired) electrons. The topological polar surface area (TPSA) is 53.8 Å². The second-order valence-electron chi connectivity index (χ2n) is 4.91. The number of nitrogens with zero attached hydrogens (tertiary/aromatic N) is 1. The van der Waals surface area contributed by atoms with Crippen molar-refractivity contribution in [3.05, 3.63) is 64.5 Å². The number of carbonyl (C=O) groups excluding carboxylic acids is 1. The van der Waals surface area contributed by atoms with Crippen molar-refractivity contribution in [2.75, 3.05) is 0 Å². The smallest absolute Gasteiger partial charge is 0.125 e. The number of aromatic nitrogens is 1. The molecule has 2 rings (SSSR count). The van der Waals surface area contributed by atoms with Gasteiger partial charge in [-0.1, -0.05) is 24.3 Å². The van der Waals surface area contributed by atoms with Gasteiger partial charge < -0.3 is 10.2 Å². The van der Waals surface area contributed by atoms with Gasteiger partial charge in [0, 0.05) is 18.5 Å². The Bertz CT molecular complexity index is 627. The van der Waals surface area contributed by atoms with Gasteiger partial charge in [0.2, 0.25) is 0 Å². The lowest BCUT2D eigenvalue weighted by molar-refractivity contribution is -0.107. The number of aldehydes is 1. The van der Waals surface area contributed by atoms with Crippen LogP contribution in [-0.4, -0.2) is 17.0 Å². The molecule has 0 unspecified atom stereocenters. The van der Waals surface area contributed by atoms with Gasteiger partial charge in [-0.15, -0.1) is 0 Å². The third kappa shape index (κ3) is 3.18. The van der Waals surface area contributed by atoms with Gasteiger partial charge >= 0.3 is 0 Å². The molecule has 1 N–H and O–H groups in total. The summed E-state index contributed by atoms with van der Waals surface area (Å²) in [7, 11) is 0. The van der Waals surface area contributed by atoms with Crippen LogP contribution in [0.5, 0.6) is 0 Å². The second kappa shape index (κ2) is 6.24. The van der Waals surface area contributed by atoms with E-state index in [2.05, 4.69) is 31.0 Å². The molecule has 0 bridgehead atoms. The summed E-state index contributed by atoms with van der Waals surface area (Å²) in [5.41, 5.74) is 5.41. The van der Waals surface area contributed by atoms with Crippen LogP contribution in [0, 0.1) is 19.3 Å². The van der Waals surface area contributed by atoms with Crippen LogP contribution in [0.4, 0.5) is 0 Å². The molecule has 3 nitrogen and oxygen atoms in total. The first kappa shape index (κ1) is 14.1. The summed E-state index contributed by atoms with van der Waals surface area (Å²) < 4.78 is 0. The van der Waals surface area contributed by atoms with Crippen molar-refractivity contribution >= 4 is 12.0 Å². The predicted octanol–water partition coefficient (Wildman–Crippen LogP) is 3.05. The average Bonchev–Trinajstić information content (AvgIpc) is 2.43. The van der Waals surface area contributed by atoms with Crippen LogP contribution in [0.15, 0.2) is 36.4 Å². The number of nitrogens with one attached hydrogen (secondary N) is 1. The summed E-state index contributed by atoms with van der Waals surface area (Å²) in [6.07, 6.45) is 1.70. The van der Waals surface area contributed by atoms with Gasteiger partial charge in [-0.25, -0.2) is 0 Å². The molecule has 3 heteroatoms. The van der Waals surface area contributed by atoms with Gasteiger partial charge in [0.1, 0.15) is 6.29 Å². The molecule has 0 saturated carbocycles. The third-order valence-corrected chi connectivity index (χ3v) is 3.41. The molecule has 1 heterocycles. The highest BCUT2D eigenvalue weighted by Gasteiger charge is 2.09. The van der Waals surface area contributed by atoms with E-state index in [0.717, 1.165) is 6.29 Å². The Labute approximate surface area is 119 Å². The number of benzene rings is 1. The Hall–Kier alpha value is -2.29. The van der Waals surface area contributed by atoms with Gasteiger partial charge in [0.25, 0.3) is 0 Å². The Kier molecular flexibility index (Phi) is 4.41. The normalized spacial score (nSPS) is 10.3. The molecule has 0 aliphatic carbocycles. The molecule has 20 heavy (non-hydrogen) atoms. The Balaban J connectivity index is 2.24. The van der Waals surface area contributed by atoms with Gasteiger partial charge in [0.15, 0.2) is 0 Å². The fourth-order valence-electron chi connectivity index (χ4n) is 2.24. The first-order chi connectivity index (χ1) is 9.61. The van der Waals surface area contributed by atoms with E-state index in [1.54, 1.807) is 0 Å². The monoisotopic (exact) mass is 266 g/mol. The van der Waals surface area contributed by atoms with Crippen molar-refractivity contribution in [2.45, 2.75) is 26.7 Å². The standard InChI is InChI=1S/C17H18N2O/c1-12-5-3-6-13(2)15(12)11-16(18)17-8-4-7-14(19-17)9-10-20/h3-8,10,18H,9,11H2,1-2H3. The van der Waals surface area contributed by atoms with Crippen molar-refractivity contribution in [3.63, 3.8) is 0 Å². The number of aryl methyl sites for hydroxylation is 2. The highest BCUT2D eigenvalue weighted by atomic mass is 16.1. The lowest BCUT2D eigenvalue weighted by Gasteiger charge is -2.10. The minimum Gasteiger partial charge on any atom is -0.303 e. The van der Waals surface area contributed by atoms with E-state index >= 15 is 0 Å². The minimum absolute atomic E-state index is 0.296. The Morgan fingerprint density at radius 3 is 2.45 bits per heavy atom. The molecule has 0 atom stereocenters. The molecule has 0 amide bonds. The van der Waals surface area contributed by atoms with Crippen molar-refractivity contribution in [2.24, 2.45) is 0 Å². The highest BCUT2D eigenvalue weighted by molar-refractivity contribution is 5.98. The fraction of sp³-hybridized carbons (Fsp3) is 0.235. The summed E-state index contributed by atoms with van der Waals surface area (Å²) in [6.45, 7) is 4.12. The molecule has 0 aliphatic rings. The van der Waals surface area contributed by atoms with Gasteiger partial charge in [-0.3, -0.25) is 4.98 Å². The molecule has 1 aromatic carbocycles. The zero-order valence-corrected chi connectivity index (χ0v) is 11.8. The molecule has 102 valence electrons. The first-order valence-electron chi connectivity index (χ1n) is 6.64. The SMILES string of the molecule is Cc1cccc(C)c1CC(=N)c1cccc(CC=O)n1. The molecule has 0 aliphatic heterocycles. The van der Waals surface area contributed by atoms with Crippen molar-refractivity contribution < 1.29 is 4.79 Å². The van der Waals surface area contributed by atoms with Crippen LogP contribution in [0.25, 0.3) is 0 Å². The fourth-order valence-corrected chi connectivity index (χ4v) is 2.24. The van der Waals surface area contributed by atoms with Crippen molar-refractivity contribution in [3.8, 4) is 0 Å². The van der Waals surface area contributed by atoms with Gasteiger partial charge in [-0.2, -0.15) is 0 Å². The van der Waals surface area contributed by atoms with E-state index in [-0.39, 0.29) is 0 Å². The number of pyridine rings is 1. The van der Waals surface area contributed by atoms with Crippen LogP contribution in [-0.2, 0) is 17.6 Å². The van der Waals surface area contributed by atoms with Gasteiger partial charge in [0.05, 0.1) is 11.4 Å².